The second-order valence-corrected chi connectivity index (χ2v) is 6.37. The Labute approximate surface area is 142 Å². The van der Waals surface area contributed by atoms with Crippen molar-refractivity contribution in [3.63, 3.8) is 0 Å². The SMILES string of the molecule is O=C(NC[C@](O)(c1ccoc1)c1cccs1)c1ccccc1Cl. The van der Waals surface area contributed by atoms with Crippen LogP contribution in [-0.4, -0.2) is 17.6 Å². The van der Waals surface area contributed by atoms with E-state index in [-0.39, 0.29) is 12.5 Å². The summed E-state index contributed by atoms with van der Waals surface area (Å²) < 4.78 is 5.08. The molecule has 0 fully saturated rings. The van der Waals surface area contributed by atoms with Crippen LogP contribution in [0.3, 0.4) is 0 Å². The van der Waals surface area contributed by atoms with Crippen molar-refractivity contribution in [3.05, 3.63) is 81.4 Å². The van der Waals surface area contributed by atoms with Crippen LogP contribution in [0.1, 0.15) is 20.8 Å². The van der Waals surface area contributed by atoms with E-state index in [1.165, 1.54) is 23.9 Å². The minimum Gasteiger partial charge on any atom is -0.472 e. The van der Waals surface area contributed by atoms with Crippen LogP contribution >= 0.6 is 22.9 Å². The number of carbonyl (C=O) groups excluding carboxylic acids is 1. The first-order chi connectivity index (χ1) is 11.1. The molecule has 0 unspecified atom stereocenters. The van der Waals surface area contributed by atoms with E-state index in [2.05, 4.69) is 5.32 Å². The van der Waals surface area contributed by atoms with Gasteiger partial charge in [-0.25, -0.2) is 0 Å². The average Bonchev–Trinajstić information content (AvgIpc) is 3.25. The number of nitrogens with one attached hydrogen (secondary N) is 1. The molecule has 0 aliphatic carbocycles. The third-order valence-electron chi connectivity index (χ3n) is 3.55. The third kappa shape index (κ3) is 3.17. The van der Waals surface area contributed by atoms with E-state index >= 15 is 0 Å². The van der Waals surface area contributed by atoms with E-state index < -0.39 is 5.60 Å². The van der Waals surface area contributed by atoms with Crippen LogP contribution in [0.15, 0.2) is 64.8 Å². The van der Waals surface area contributed by atoms with Crippen molar-refractivity contribution in [3.8, 4) is 0 Å². The van der Waals surface area contributed by atoms with Crippen molar-refractivity contribution >= 4 is 28.8 Å². The minimum absolute atomic E-state index is 0.0110. The molecule has 0 aliphatic heterocycles. The third-order valence-corrected chi connectivity index (χ3v) is 4.90. The molecule has 0 saturated carbocycles. The number of aliphatic hydroxyl groups is 1. The first-order valence-electron chi connectivity index (χ1n) is 6.93. The first-order valence-corrected chi connectivity index (χ1v) is 8.19. The van der Waals surface area contributed by atoms with Gasteiger partial charge in [-0.3, -0.25) is 4.79 Å². The van der Waals surface area contributed by atoms with Gasteiger partial charge in [-0.2, -0.15) is 0 Å². The Morgan fingerprint density at radius 1 is 1.26 bits per heavy atom. The summed E-state index contributed by atoms with van der Waals surface area (Å²) in [6.07, 6.45) is 2.96. The van der Waals surface area contributed by atoms with Crippen molar-refractivity contribution in [1.82, 2.24) is 5.32 Å². The number of hydrogen-bond acceptors (Lipinski definition) is 4. The number of rotatable bonds is 5. The molecule has 0 radical (unpaired) electrons. The largest absolute Gasteiger partial charge is 0.472 e. The van der Waals surface area contributed by atoms with Gasteiger partial charge in [-0.1, -0.05) is 29.8 Å². The monoisotopic (exact) mass is 347 g/mol. The highest BCUT2D eigenvalue weighted by atomic mass is 35.5. The Kier molecular flexibility index (Phi) is 4.52. The van der Waals surface area contributed by atoms with Gasteiger partial charge >= 0.3 is 0 Å². The van der Waals surface area contributed by atoms with E-state index in [1.807, 2.05) is 17.5 Å². The Bertz CT molecular complexity index is 750. The first kappa shape index (κ1) is 15.8. The molecule has 2 heterocycles. The molecular weight excluding hydrogens is 334 g/mol. The van der Waals surface area contributed by atoms with Gasteiger partial charge in [0.2, 0.25) is 0 Å². The fourth-order valence-electron chi connectivity index (χ4n) is 2.29. The highest BCUT2D eigenvalue weighted by Crippen LogP contribution is 2.32. The molecule has 0 bridgehead atoms. The van der Waals surface area contributed by atoms with Crippen molar-refractivity contribution in [2.45, 2.75) is 5.60 Å². The van der Waals surface area contributed by atoms with Gasteiger partial charge in [0.25, 0.3) is 5.91 Å². The zero-order valence-corrected chi connectivity index (χ0v) is 13.6. The van der Waals surface area contributed by atoms with Crippen molar-refractivity contribution in [2.24, 2.45) is 0 Å². The predicted octanol–water partition coefficient (Wildman–Crippen LogP) is 3.66. The van der Waals surface area contributed by atoms with Crippen LogP contribution in [0.2, 0.25) is 5.02 Å². The molecule has 1 amide bonds. The zero-order valence-electron chi connectivity index (χ0n) is 12.0. The van der Waals surface area contributed by atoms with Gasteiger partial charge in [-0.05, 0) is 29.6 Å². The zero-order chi connectivity index (χ0) is 16.3. The van der Waals surface area contributed by atoms with Crippen molar-refractivity contribution in [2.75, 3.05) is 6.54 Å². The van der Waals surface area contributed by atoms with Crippen molar-refractivity contribution in [1.29, 1.82) is 0 Å². The van der Waals surface area contributed by atoms with E-state index in [0.717, 1.165) is 4.88 Å². The van der Waals surface area contributed by atoms with Crippen LogP contribution in [0.4, 0.5) is 0 Å². The number of carbonyl (C=O) groups is 1. The van der Waals surface area contributed by atoms with Crippen molar-refractivity contribution < 1.29 is 14.3 Å². The van der Waals surface area contributed by atoms with Gasteiger partial charge in [0.15, 0.2) is 0 Å². The molecule has 0 spiro atoms. The number of furan rings is 1. The highest BCUT2D eigenvalue weighted by Gasteiger charge is 2.34. The molecular formula is C17H14ClNO3S. The van der Waals surface area contributed by atoms with E-state index in [9.17, 15) is 9.90 Å². The van der Waals surface area contributed by atoms with Crippen LogP contribution in [-0.2, 0) is 5.60 Å². The fraction of sp³-hybridized carbons (Fsp3) is 0.118. The molecule has 118 valence electrons. The summed E-state index contributed by atoms with van der Waals surface area (Å²) in [5, 5.41) is 16.1. The van der Waals surface area contributed by atoms with Gasteiger partial charge in [0.1, 0.15) is 5.60 Å². The van der Waals surface area contributed by atoms with Gasteiger partial charge in [-0.15, -0.1) is 11.3 Å². The summed E-state index contributed by atoms with van der Waals surface area (Å²) in [7, 11) is 0. The normalized spacial score (nSPS) is 13.5. The second kappa shape index (κ2) is 6.58. The van der Waals surface area contributed by atoms with Gasteiger partial charge in [0.05, 0.1) is 29.7 Å². The Balaban J connectivity index is 1.84. The Morgan fingerprint density at radius 2 is 2.09 bits per heavy atom. The van der Waals surface area contributed by atoms with Crippen LogP contribution in [0.25, 0.3) is 0 Å². The maximum Gasteiger partial charge on any atom is 0.252 e. The summed E-state index contributed by atoms with van der Waals surface area (Å²) in [6, 6.07) is 12.1. The summed E-state index contributed by atoms with van der Waals surface area (Å²) >= 11 is 7.44. The summed E-state index contributed by atoms with van der Waals surface area (Å²) in [6.45, 7) is 0.0110. The molecule has 6 heteroatoms. The fourth-order valence-corrected chi connectivity index (χ4v) is 3.36. The predicted molar refractivity (Wildman–Crippen MR) is 89.8 cm³/mol. The molecule has 3 rings (SSSR count). The Morgan fingerprint density at radius 3 is 2.74 bits per heavy atom. The summed E-state index contributed by atoms with van der Waals surface area (Å²) in [5.74, 6) is -0.339. The average molecular weight is 348 g/mol. The lowest BCUT2D eigenvalue weighted by Gasteiger charge is -2.26. The topological polar surface area (TPSA) is 62.5 Å². The molecule has 4 nitrogen and oxygen atoms in total. The lowest BCUT2D eigenvalue weighted by atomic mass is 9.94. The number of benzene rings is 1. The van der Waals surface area contributed by atoms with Crippen LogP contribution in [0, 0.1) is 0 Å². The van der Waals surface area contributed by atoms with E-state index in [0.29, 0.717) is 16.1 Å². The maximum absolute atomic E-state index is 12.3. The molecule has 23 heavy (non-hydrogen) atoms. The van der Waals surface area contributed by atoms with E-state index in [4.69, 9.17) is 16.0 Å². The smallest absolute Gasteiger partial charge is 0.252 e. The maximum atomic E-state index is 12.3. The minimum atomic E-state index is -1.35. The number of halogens is 1. The molecule has 2 N–H and O–H groups in total. The molecule has 3 aromatic rings. The molecule has 0 saturated heterocycles. The quantitative estimate of drug-likeness (QED) is 0.740. The van der Waals surface area contributed by atoms with Gasteiger partial charge in [0, 0.05) is 10.4 Å². The number of amides is 1. The standard InChI is InChI=1S/C17H14ClNO3S/c18-14-5-2-1-4-13(14)16(20)19-11-17(21,12-7-8-22-10-12)15-6-3-9-23-15/h1-10,21H,11H2,(H,19,20)/t17-/m0/s1. The van der Waals surface area contributed by atoms with E-state index in [1.54, 1.807) is 30.3 Å². The molecule has 2 aromatic heterocycles. The molecule has 1 aromatic carbocycles. The lowest BCUT2D eigenvalue weighted by molar-refractivity contribution is 0.0714. The highest BCUT2D eigenvalue weighted by molar-refractivity contribution is 7.10. The number of hydrogen-bond donors (Lipinski definition) is 2. The Hall–Kier alpha value is -2.08. The van der Waals surface area contributed by atoms with Crippen LogP contribution in [0.5, 0.6) is 0 Å². The summed E-state index contributed by atoms with van der Waals surface area (Å²) in [5.41, 5.74) is -0.396. The van der Waals surface area contributed by atoms with Crippen LogP contribution < -0.4 is 5.32 Å². The van der Waals surface area contributed by atoms with Gasteiger partial charge < -0.3 is 14.8 Å². The summed E-state index contributed by atoms with van der Waals surface area (Å²) in [4.78, 5) is 13.0. The molecule has 1 atom stereocenters. The number of thiophene rings is 1. The second-order valence-electron chi connectivity index (χ2n) is 5.01. The molecule has 0 aliphatic rings. The lowest BCUT2D eigenvalue weighted by Crippen LogP contribution is -2.41.